The number of nitrogens with two attached hydrogens (primary N) is 1. The van der Waals surface area contributed by atoms with Crippen LogP contribution >= 0.6 is 0 Å². The predicted molar refractivity (Wildman–Crippen MR) is 85.0 cm³/mol. The Morgan fingerprint density at radius 2 is 1.91 bits per heavy atom. The normalized spacial score (nSPS) is 10.5. The molecule has 1 aromatic carbocycles. The second-order valence-electron chi connectivity index (χ2n) is 4.93. The van der Waals surface area contributed by atoms with Gasteiger partial charge in [0.1, 0.15) is 5.75 Å². The zero-order valence-corrected chi connectivity index (χ0v) is 13.1. The van der Waals surface area contributed by atoms with E-state index in [-0.39, 0.29) is 17.3 Å². The van der Waals surface area contributed by atoms with Gasteiger partial charge in [-0.25, -0.2) is 4.79 Å². The first-order valence-corrected chi connectivity index (χ1v) is 7.17. The highest BCUT2D eigenvalue weighted by atomic mass is 16.5. The first-order valence-electron chi connectivity index (χ1n) is 7.17. The number of ether oxygens (including phenoxy) is 2. The van der Waals surface area contributed by atoms with Crippen LogP contribution in [-0.4, -0.2) is 67.1 Å². The van der Waals surface area contributed by atoms with Crippen molar-refractivity contribution >= 4 is 11.9 Å². The number of rotatable bonds is 10. The van der Waals surface area contributed by atoms with Gasteiger partial charge in [0.05, 0.1) is 32.0 Å². The number of benzene rings is 1. The van der Waals surface area contributed by atoms with Gasteiger partial charge in [-0.3, -0.25) is 5.41 Å². The van der Waals surface area contributed by atoms with E-state index in [1.165, 1.54) is 18.2 Å². The summed E-state index contributed by atoms with van der Waals surface area (Å²) in [6, 6.07) is 4.16. The summed E-state index contributed by atoms with van der Waals surface area (Å²) in [6.45, 7) is 2.08. The van der Waals surface area contributed by atoms with Crippen molar-refractivity contribution in [2.75, 3.05) is 40.0 Å². The summed E-state index contributed by atoms with van der Waals surface area (Å²) >= 11 is 0. The van der Waals surface area contributed by atoms with Crippen molar-refractivity contribution in [3.05, 3.63) is 29.3 Å². The van der Waals surface area contributed by atoms with Gasteiger partial charge in [0.25, 0.3) is 0 Å². The number of carbonyl (C=O) groups is 1. The SMILES string of the molecule is CN(CCOCCOCCc1cc(O)ccc1C(=O)O)C(=N)N. The average Bonchev–Trinajstić information content (AvgIpc) is 2.49. The summed E-state index contributed by atoms with van der Waals surface area (Å²) in [5.41, 5.74) is 5.98. The lowest BCUT2D eigenvalue weighted by atomic mass is 10.0. The summed E-state index contributed by atoms with van der Waals surface area (Å²) in [5, 5.41) is 25.7. The molecule has 0 aliphatic rings. The molecule has 0 spiro atoms. The fourth-order valence-corrected chi connectivity index (χ4v) is 1.82. The molecule has 5 N–H and O–H groups in total. The Labute approximate surface area is 134 Å². The second kappa shape index (κ2) is 9.65. The Morgan fingerprint density at radius 1 is 1.26 bits per heavy atom. The van der Waals surface area contributed by atoms with E-state index in [1.54, 1.807) is 11.9 Å². The Balaban J connectivity index is 2.20. The number of hydrogen-bond donors (Lipinski definition) is 4. The van der Waals surface area contributed by atoms with E-state index in [9.17, 15) is 9.90 Å². The van der Waals surface area contributed by atoms with Crippen molar-refractivity contribution in [1.82, 2.24) is 4.90 Å². The summed E-state index contributed by atoms with van der Waals surface area (Å²) in [7, 11) is 1.71. The molecular weight excluding hydrogens is 302 g/mol. The molecular formula is C15H23N3O5. The van der Waals surface area contributed by atoms with Crippen molar-refractivity contribution < 1.29 is 24.5 Å². The van der Waals surface area contributed by atoms with Gasteiger partial charge in [0.15, 0.2) is 5.96 Å². The second-order valence-corrected chi connectivity index (χ2v) is 4.93. The molecule has 0 bridgehead atoms. The monoisotopic (exact) mass is 325 g/mol. The van der Waals surface area contributed by atoms with Crippen LogP contribution in [0.15, 0.2) is 18.2 Å². The summed E-state index contributed by atoms with van der Waals surface area (Å²) in [4.78, 5) is 12.6. The summed E-state index contributed by atoms with van der Waals surface area (Å²) in [5.74, 6) is -1.01. The van der Waals surface area contributed by atoms with Crippen LogP contribution in [0.1, 0.15) is 15.9 Å². The maximum absolute atomic E-state index is 11.1. The number of carboxylic acid groups (broad SMARTS) is 1. The molecule has 0 unspecified atom stereocenters. The van der Waals surface area contributed by atoms with Gasteiger partial charge in [-0.05, 0) is 30.2 Å². The van der Waals surface area contributed by atoms with Gasteiger partial charge >= 0.3 is 5.97 Å². The molecule has 0 radical (unpaired) electrons. The maximum atomic E-state index is 11.1. The molecule has 23 heavy (non-hydrogen) atoms. The molecule has 8 heteroatoms. The van der Waals surface area contributed by atoms with Crippen LogP contribution < -0.4 is 5.73 Å². The first kappa shape index (κ1) is 18.7. The molecule has 0 amide bonds. The number of guanidine groups is 1. The summed E-state index contributed by atoms with van der Waals surface area (Å²) in [6.07, 6.45) is 0.392. The Kier molecular flexibility index (Phi) is 7.86. The van der Waals surface area contributed by atoms with Crippen molar-refractivity contribution in [1.29, 1.82) is 5.41 Å². The van der Waals surface area contributed by atoms with Gasteiger partial charge in [0, 0.05) is 13.6 Å². The largest absolute Gasteiger partial charge is 0.508 e. The van der Waals surface area contributed by atoms with E-state index in [0.717, 1.165) is 0 Å². The van der Waals surface area contributed by atoms with Crippen LogP contribution in [0.3, 0.4) is 0 Å². The van der Waals surface area contributed by atoms with Gasteiger partial charge in [-0.2, -0.15) is 0 Å². The highest BCUT2D eigenvalue weighted by molar-refractivity contribution is 5.89. The van der Waals surface area contributed by atoms with Crippen LogP contribution in [0.4, 0.5) is 0 Å². The van der Waals surface area contributed by atoms with Crippen molar-refractivity contribution in [3.8, 4) is 5.75 Å². The minimum atomic E-state index is -1.03. The number of aromatic hydroxyl groups is 1. The van der Waals surface area contributed by atoms with Crippen LogP contribution in [0, 0.1) is 5.41 Å². The van der Waals surface area contributed by atoms with Gasteiger partial charge in [-0.1, -0.05) is 0 Å². The van der Waals surface area contributed by atoms with Crippen LogP contribution in [0.5, 0.6) is 5.75 Å². The van der Waals surface area contributed by atoms with E-state index >= 15 is 0 Å². The molecule has 0 atom stereocenters. The molecule has 128 valence electrons. The number of phenols is 1. The van der Waals surface area contributed by atoms with Gasteiger partial charge in [0.2, 0.25) is 0 Å². The molecule has 8 nitrogen and oxygen atoms in total. The number of hydrogen-bond acceptors (Lipinski definition) is 5. The predicted octanol–water partition coefficient (Wildman–Crippen LogP) is 0.491. The van der Waals surface area contributed by atoms with Crippen molar-refractivity contribution in [2.45, 2.75) is 6.42 Å². The summed E-state index contributed by atoms with van der Waals surface area (Å²) < 4.78 is 10.7. The molecule has 0 aliphatic carbocycles. The lowest BCUT2D eigenvalue weighted by molar-refractivity contribution is 0.0458. The van der Waals surface area contributed by atoms with Crippen LogP contribution in [-0.2, 0) is 15.9 Å². The number of aromatic carboxylic acids is 1. The fraction of sp³-hybridized carbons (Fsp3) is 0.467. The average molecular weight is 325 g/mol. The Hall–Kier alpha value is -2.32. The minimum absolute atomic E-state index is 0.00908. The zero-order chi connectivity index (χ0) is 17.2. The quantitative estimate of drug-likeness (QED) is 0.280. The van der Waals surface area contributed by atoms with E-state index in [2.05, 4.69) is 0 Å². The standard InChI is InChI=1S/C15H23N3O5/c1-18(15(16)17)5-7-23-9-8-22-6-4-11-10-12(19)2-3-13(11)14(20)21/h2-3,10,19H,4-9H2,1H3,(H3,16,17)(H,20,21). The number of likely N-dealkylation sites (N-methyl/N-ethyl adjacent to an activating group) is 1. The highest BCUT2D eigenvalue weighted by Crippen LogP contribution is 2.17. The molecule has 1 aromatic rings. The topological polar surface area (TPSA) is 129 Å². The van der Waals surface area contributed by atoms with E-state index in [1.807, 2.05) is 0 Å². The molecule has 0 heterocycles. The Bertz CT molecular complexity index is 536. The third-order valence-corrected chi connectivity index (χ3v) is 3.19. The molecule has 0 aliphatic heterocycles. The van der Waals surface area contributed by atoms with E-state index < -0.39 is 5.97 Å². The van der Waals surface area contributed by atoms with Gasteiger partial charge < -0.3 is 30.3 Å². The molecule has 0 saturated heterocycles. The minimum Gasteiger partial charge on any atom is -0.508 e. The smallest absolute Gasteiger partial charge is 0.335 e. The lowest BCUT2D eigenvalue weighted by Gasteiger charge is -2.16. The number of carboxylic acids is 1. The molecule has 1 rings (SSSR count). The molecule has 0 fully saturated rings. The van der Waals surface area contributed by atoms with Crippen molar-refractivity contribution in [3.63, 3.8) is 0 Å². The maximum Gasteiger partial charge on any atom is 0.335 e. The molecule has 0 aromatic heterocycles. The molecule has 0 saturated carbocycles. The first-order chi connectivity index (χ1) is 10.9. The third kappa shape index (κ3) is 6.98. The van der Waals surface area contributed by atoms with Crippen molar-refractivity contribution in [2.24, 2.45) is 5.73 Å². The van der Waals surface area contributed by atoms with Crippen LogP contribution in [0.25, 0.3) is 0 Å². The number of nitrogens with zero attached hydrogens (tertiary/aromatic N) is 1. The van der Waals surface area contributed by atoms with Gasteiger partial charge in [-0.15, -0.1) is 0 Å². The van der Waals surface area contributed by atoms with E-state index in [4.69, 9.17) is 25.7 Å². The third-order valence-electron chi connectivity index (χ3n) is 3.19. The Morgan fingerprint density at radius 3 is 2.52 bits per heavy atom. The van der Waals surface area contributed by atoms with E-state index in [0.29, 0.717) is 45.0 Å². The lowest BCUT2D eigenvalue weighted by Crippen LogP contribution is -2.35. The zero-order valence-electron chi connectivity index (χ0n) is 13.1. The number of nitrogens with one attached hydrogen (secondary N) is 1. The fourth-order valence-electron chi connectivity index (χ4n) is 1.82. The number of phenolic OH excluding ortho intramolecular Hbond substituents is 1. The van der Waals surface area contributed by atoms with Crippen LogP contribution in [0.2, 0.25) is 0 Å². The highest BCUT2D eigenvalue weighted by Gasteiger charge is 2.10.